The van der Waals surface area contributed by atoms with Crippen molar-refractivity contribution >= 4 is 22.5 Å². The van der Waals surface area contributed by atoms with Crippen molar-refractivity contribution < 1.29 is 9.84 Å². The zero-order valence-corrected chi connectivity index (χ0v) is 16.1. The highest BCUT2D eigenvalue weighted by Gasteiger charge is 2.09. The molecule has 1 heterocycles. The average molecular weight is 387 g/mol. The van der Waals surface area contributed by atoms with Gasteiger partial charge in [0.15, 0.2) is 0 Å². The van der Waals surface area contributed by atoms with Crippen molar-refractivity contribution in [2.24, 2.45) is 0 Å². The van der Waals surface area contributed by atoms with Gasteiger partial charge in [-0.25, -0.2) is 0 Å². The van der Waals surface area contributed by atoms with E-state index < -0.39 is 6.10 Å². The molecule has 0 saturated heterocycles. The topological polar surface area (TPSA) is 74.4 Å². The molecule has 0 aliphatic heterocycles. The van der Waals surface area contributed by atoms with E-state index in [2.05, 4.69) is 10.3 Å². The number of benzene rings is 2. The number of aliphatic hydroxyl groups excluding tert-OH is 1. The van der Waals surface area contributed by atoms with Crippen LogP contribution in [0.3, 0.4) is 0 Å². The summed E-state index contributed by atoms with van der Waals surface area (Å²) >= 11 is 5.83. The van der Waals surface area contributed by atoms with Gasteiger partial charge in [0.05, 0.1) is 5.52 Å². The Hall–Kier alpha value is -2.34. The zero-order chi connectivity index (χ0) is 19.4. The number of rotatable bonds is 7. The number of aromatic amines is 1. The number of hydrogen-bond donors (Lipinski definition) is 3. The highest BCUT2D eigenvalue weighted by atomic mass is 35.5. The Bertz CT molecular complexity index is 983. The molecule has 0 spiro atoms. The molecule has 1 aromatic heterocycles. The summed E-state index contributed by atoms with van der Waals surface area (Å²) in [7, 11) is 0. The predicted octanol–water partition coefficient (Wildman–Crippen LogP) is 3.33. The Kier molecular flexibility index (Phi) is 6.16. The number of nitrogens with one attached hydrogen (secondary N) is 2. The minimum atomic E-state index is -0.691. The third-order valence-electron chi connectivity index (χ3n) is 4.47. The van der Waals surface area contributed by atoms with Gasteiger partial charge in [0, 0.05) is 29.1 Å². The van der Waals surface area contributed by atoms with Crippen LogP contribution in [0.1, 0.15) is 16.7 Å². The number of pyridine rings is 1. The number of halogens is 1. The van der Waals surface area contributed by atoms with Gasteiger partial charge in [-0.15, -0.1) is 0 Å². The number of aryl methyl sites for hydroxylation is 2. The summed E-state index contributed by atoms with van der Waals surface area (Å²) in [6, 6.07) is 12.9. The summed E-state index contributed by atoms with van der Waals surface area (Å²) in [6.07, 6.45) is -0.691. The first kappa shape index (κ1) is 19.4. The SMILES string of the molecule is Cc1ccc(C)c2[nH]c(=O)c(CNCC(O)COc3ccc(Cl)cc3)cc12. The first-order valence-corrected chi connectivity index (χ1v) is 9.21. The molecule has 1 unspecified atom stereocenters. The smallest absolute Gasteiger partial charge is 0.252 e. The van der Waals surface area contributed by atoms with Crippen LogP contribution in [0.5, 0.6) is 5.75 Å². The lowest BCUT2D eigenvalue weighted by Gasteiger charge is -2.14. The van der Waals surface area contributed by atoms with Crippen LogP contribution in [0, 0.1) is 13.8 Å². The molecule has 0 radical (unpaired) electrons. The number of fused-ring (bicyclic) bond motifs is 1. The van der Waals surface area contributed by atoms with Crippen molar-refractivity contribution in [2.75, 3.05) is 13.2 Å². The molecule has 1 atom stereocenters. The predicted molar refractivity (Wildman–Crippen MR) is 109 cm³/mol. The normalized spacial score (nSPS) is 12.3. The fraction of sp³-hybridized carbons (Fsp3) is 0.286. The van der Waals surface area contributed by atoms with Crippen LogP contribution < -0.4 is 15.6 Å². The molecule has 27 heavy (non-hydrogen) atoms. The largest absolute Gasteiger partial charge is 0.491 e. The molecule has 2 aromatic carbocycles. The number of aromatic nitrogens is 1. The minimum Gasteiger partial charge on any atom is -0.491 e. The molecule has 142 valence electrons. The van der Waals surface area contributed by atoms with Crippen molar-refractivity contribution in [1.82, 2.24) is 10.3 Å². The molecule has 3 N–H and O–H groups in total. The van der Waals surface area contributed by atoms with Crippen LogP contribution in [0.25, 0.3) is 10.9 Å². The fourth-order valence-electron chi connectivity index (χ4n) is 2.91. The third kappa shape index (κ3) is 4.89. The van der Waals surface area contributed by atoms with Crippen molar-refractivity contribution in [3.05, 3.63) is 74.5 Å². The van der Waals surface area contributed by atoms with Gasteiger partial charge in [0.2, 0.25) is 0 Å². The van der Waals surface area contributed by atoms with E-state index in [9.17, 15) is 9.90 Å². The maximum absolute atomic E-state index is 12.3. The van der Waals surface area contributed by atoms with Gasteiger partial charge in [-0.1, -0.05) is 23.7 Å². The quantitative estimate of drug-likeness (QED) is 0.582. The van der Waals surface area contributed by atoms with E-state index in [1.807, 2.05) is 32.0 Å². The Morgan fingerprint density at radius 3 is 2.59 bits per heavy atom. The highest BCUT2D eigenvalue weighted by Crippen LogP contribution is 2.19. The summed E-state index contributed by atoms with van der Waals surface area (Å²) in [5, 5.41) is 14.9. The van der Waals surface area contributed by atoms with Crippen LogP contribution in [-0.4, -0.2) is 29.3 Å². The van der Waals surface area contributed by atoms with Gasteiger partial charge < -0.3 is 20.1 Å². The van der Waals surface area contributed by atoms with E-state index in [1.54, 1.807) is 24.3 Å². The van der Waals surface area contributed by atoms with Crippen molar-refractivity contribution in [2.45, 2.75) is 26.5 Å². The van der Waals surface area contributed by atoms with Crippen LogP contribution in [-0.2, 0) is 6.54 Å². The molecule has 0 fully saturated rings. The molecule has 0 amide bonds. The number of ether oxygens (including phenoxy) is 1. The maximum Gasteiger partial charge on any atom is 0.252 e. The molecule has 0 saturated carbocycles. The van der Waals surface area contributed by atoms with Crippen LogP contribution in [0.2, 0.25) is 5.02 Å². The average Bonchev–Trinajstić information content (AvgIpc) is 2.65. The fourth-order valence-corrected chi connectivity index (χ4v) is 3.03. The van der Waals surface area contributed by atoms with E-state index in [0.717, 1.165) is 22.0 Å². The van der Waals surface area contributed by atoms with E-state index in [0.29, 0.717) is 29.4 Å². The summed E-state index contributed by atoms with van der Waals surface area (Å²) in [6.45, 7) is 4.84. The Morgan fingerprint density at radius 2 is 1.85 bits per heavy atom. The molecule has 5 nitrogen and oxygen atoms in total. The van der Waals surface area contributed by atoms with Crippen molar-refractivity contribution in [3.63, 3.8) is 0 Å². The lowest BCUT2D eigenvalue weighted by molar-refractivity contribution is 0.106. The molecule has 0 bridgehead atoms. The van der Waals surface area contributed by atoms with Gasteiger partial charge in [-0.05, 0) is 55.3 Å². The third-order valence-corrected chi connectivity index (χ3v) is 4.72. The van der Waals surface area contributed by atoms with Crippen molar-refractivity contribution in [1.29, 1.82) is 0 Å². The van der Waals surface area contributed by atoms with E-state index in [1.165, 1.54) is 0 Å². The van der Waals surface area contributed by atoms with Crippen molar-refractivity contribution in [3.8, 4) is 5.75 Å². The van der Waals surface area contributed by atoms with E-state index in [4.69, 9.17) is 16.3 Å². The van der Waals surface area contributed by atoms with Crippen LogP contribution >= 0.6 is 11.6 Å². The molecule has 3 rings (SSSR count). The van der Waals surface area contributed by atoms with Gasteiger partial charge in [-0.2, -0.15) is 0 Å². The number of hydrogen-bond acceptors (Lipinski definition) is 4. The van der Waals surface area contributed by atoms with Crippen LogP contribution in [0.15, 0.2) is 47.3 Å². The highest BCUT2D eigenvalue weighted by molar-refractivity contribution is 6.30. The lowest BCUT2D eigenvalue weighted by Crippen LogP contribution is -2.32. The molecular formula is C21H23ClN2O3. The van der Waals surface area contributed by atoms with Gasteiger partial charge >= 0.3 is 0 Å². The van der Waals surface area contributed by atoms with Crippen LogP contribution in [0.4, 0.5) is 0 Å². The van der Waals surface area contributed by atoms with Gasteiger partial charge in [0.1, 0.15) is 18.5 Å². The monoisotopic (exact) mass is 386 g/mol. The maximum atomic E-state index is 12.3. The van der Waals surface area contributed by atoms with Gasteiger partial charge in [0.25, 0.3) is 5.56 Å². The molecular weight excluding hydrogens is 364 g/mol. The standard InChI is InChI=1S/C21H23ClN2O3/c1-13-3-4-14(2)20-19(13)9-15(21(26)24-20)10-23-11-17(25)12-27-18-7-5-16(22)6-8-18/h3-9,17,23,25H,10-12H2,1-2H3,(H,24,26). The summed E-state index contributed by atoms with van der Waals surface area (Å²) in [4.78, 5) is 15.3. The van der Waals surface area contributed by atoms with E-state index in [-0.39, 0.29) is 12.2 Å². The van der Waals surface area contributed by atoms with Gasteiger partial charge in [-0.3, -0.25) is 4.79 Å². The summed E-state index contributed by atoms with van der Waals surface area (Å²) in [5.41, 5.74) is 3.56. The molecule has 0 aliphatic rings. The zero-order valence-electron chi connectivity index (χ0n) is 15.4. The van der Waals surface area contributed by atoms with E-state index >= 15 is 0 Å². The molecule has 3 aromatic rings. The second-order valence-corrected chi connectivity index (χ2v) is 7.10. The second kappa shape index (κ2) is 8.57. The first-order valence-electron chi connectivity index (χ1n) is 8.83. The Morgan fingerprint density at radius 1 is 1.15 bits per heavy atom. The Labute approximate surface area is 163 Å². The number of aliphatic hydroxyl groups is 1. The Balaban J connectivity index is 1.57. The molecule has 6 heteroatoms. The molecule has 0 aliphatic carbocycles. The second-order valence-electron chi connectivity index (χ2n) is 6.66. The summed E-state index contributed by atoms with van der Waals surface area (Å²) < 4.78 is 5.52. The lowest BCUT2D eigenvalue weighted by atomic mass is 10.0. The first-order chi connectivity index (χ1) is 12.9. The minimum absolute atomic E-state index is 0.115. The number of H-pyrrole nitrogens is 1. The summed E-state index contributed by atoms with van der Waals surface area (Å²) in [5.74, 6) is 0.648.